The Hall–Kier alpha value is -1.72. The number of nitrogens with one attached hydrogen (secondary N) is 1. The first-order chi connectivity index (χ1) is 8.45. The quantitative estimate of drug-likeness (QED) is 0.520. The predicted octanol–water partition coefficient (Wildman–Crippen LogP) is 3.92. The van der Waals surface area contributed by atoms with Crippen LogP contribution in [-0.4, -0.2) is 14.6 Å². The first-order valence-electron chi connectivity index (χ1n) is 5.09. The van der Waals surface area contributed by atoms with E-state index in [-0.39, 0.29) is 0 Å². The van der Waals surface area contributed by atoms with Gasteiger partial charge in [-0.2, -0.15) is 16.4 Å². The number of benzene rings is 1. The zero-order chi connectivity index (χ0) is 11.5. The number of thiophene rings is 1. The number of rotatable bonds is 0. The molecule has 5 heteroatoms. The molecule has 3 nitrogen and oxygen atoms in total. The number of hydrogen-bond donors (Lipinski definition) is 1. The molecule has 0 amide bonds. The van der Waals surface area contributed by atoms with Crippen molar-refractivity contribution in [3.63, 3.8) is 0 Å². The molecule has 17 heavy (non-hydrogen) atoms. The van der Waals surface area contributed by atoms with Crippen molar-refractivity contribution < 1.29 is 0 Å². The third-order valence-electron chi connectivity index (χ3n) is 2.35. The molecule has 0 bridgehead atoms. The zero-order valence-electron chi connectivity index (χ0n) is 8.83. The lowest BCUT2D eigenvalue weighted by molar-refractivity contribution is 1.20. The van der Waals surface area contributed by atoms with Crippen LogP contribution in [0.15, 0.2) is 47.3 Å². The largest absolute Gasteiger partial charge is 0.256 e. The third kappa shape index (κ3) is 2.07. The molecule has 3 aromatic heterocycles. The smallest absolute Gasteiger partial charge is 0.104 e. The molecule has 0 saturated carbocycles. The van der Waals surface area contributed by atoms with E-state index >= 15 is 0 Å². The molecule has 0 saturated heterocycles. The van der Waals surface area contributed by atoms with Gasteiger partial charge in [-0.3, -0.25) is 4.98 Å². The third-order valence-corrected chi connectivity index (χ3v) is 3.79. The number of hydrogen-bond acceptors (Lipinski definition) is 4. The summed E-state index contributed by atoms with van der Waals surface area (Å²) in [5, 5.41) is 9.38. The van der Waals surface area contributed by atoms with Crippen LogP contribution in [0.1, 0.15) is 0 Å². The fraction of sp³-hybridized carbons (Fsp3) is 0. The summed E-state index contributed by atoms with van der Waals surface area (Å²) in [7, 11) is 0. The molecular formula is C12H9N3S2. The number of H-pyrrole nitrogens is 1. The summed E-state index contributed by atoms with van der Waals surface area (Å²) in [5.74, 6) is 0. The Morgan fingerprint density at radius 3 is 2.59 bits per heavy atom. The summed E-state index contributed by atoms with van der Waals surface area (Å²) < 4.78 is 4.07. The number of fused-ring (bicyclic) bond motifs is 3. The van der Waals surface area contributed by atoms with Gasteiger partial charge in [-0.1, -0.05) is 12.1 Å². The zero-order valence-corrected chi connectivity index (χ0v) is 10.5. The van der Waals surface area contributed by atoms with E-state index in [2.05, 4.69) is 14.6 Å². The van der Waals surface area contributed by atoms with E-state index in [1.807, 2.05) is 47.3 Å². The molecule has 0 aliphatic rings. The lowest BCUT2D eigenvalue weighted by atomic mass is 10.2. The van der Waals surface area contributed by atoms with Crippen molar-refractivity contribution in [1.82, 2.24) is 14.6 Å². The fourth-order valence-corrected chi connectivity index (χ4v) is 2.77. The molecular weight excluding hydrogens is 250 g/mol. The Morgan fingerprint density at radius 1 is 1.00 bits per heavy atom. The Kier molecular flexibility index (Phi) is 2.85. The minimum Gasteiger partial charge on any atom is -0.256 e. The minimum absolute atomic E-state index is 1.01. The summed E-state index contributed by atoms with van der Waals surface area (Å²) in [6.45, 7) is 0. The highest BCUT2D eigenvalue weighted by molar-refractivity contribution is 7.14. The van der Waals surface area contributed by atoms with Crippen molar-refractivity contribution in [3.8, 4) is 0 Å². The molecule has 0 aliphatic carbocycles. The normalized spacial score (nSPS) is 10.4. The standard InChI is InChI=1S/C8H5N3S.C4H4S/c1-2-7-8(12-11-10-7)5-3-4-9-6(1)5;1-2-4-5-3-1/h1-4,11H;1-4H. The summed E-state index contributed by atoms with van der Waals surface area (Å²) in [5.41, 5.74) is 2.06. The Balaban J connectivity index is 0.000000153. The highest BCUT2D eigenvalue weighted by atomic mass is 32.1. The Bertz CT molecular complexity index is 643. The Morgan fingerprint density at radius 2 is 1.82 bits per heavy atom. The highest BCUT2D eigenvalue weighted by Crippen LogP contribution is 2.25. The lowest BCUT2D eigenvalue weighted by Crippen LogP contribution is -1.69. The minimum atomic E-state index is 1.01. The molecule has 0 unspecified atom stereocenters. The van der Waals surface area contributed by atoms with Crippen molar-refractivity contribution in [2.75, 3.05) is 0 Å². The summed E-state index contributed by atoms with van der Waals surface area (Å²) in [6.07, 6.45) is 1.82. The van der Waals surface area contributed by atoms with Crippen LogP contribution in [0.5, 0.6) is 0 Å². The molecule has 1 aromatic carbocycles. The number of aromatic nitrogens is 3. The van der Waals surface area contributed by atoms with Crippen LogP contribution in [0.25, 0.3) is 21.1 Å². The molecule has 0 fully saturated rings. The van der Waals surface area contributed by atoms with Gasteiger partial charge in [-0.25, -0.2) is 4.49 Å². The van der Waals surface area contributed by atoms with Gasteiger partial charge in [0.25, 0.3) is 0 Å². The molecule has 4 aromatic rings. The van der Waals surface area contributed by atoms with Crippen molar-refractivity contribution in [1.29, 1.82) is 0 Å². The topological polar surface area (TPSA) is 41.6 Å². The second-order valence-electron chi connectivity index (χ2n) is 3.39. The maximum Gasteiger partial charge on any atom is 0.104 e. The molecule has 0 atom stereocenters. The van der Waals surface area contributed by atoms with Gasteiger partial charge in [0.1, 0.15) is 5.52 Å². The van der Waals surface area contributed by atoms with Crippen LogP contribution >= 0.6 is 22.9 Å². The molecule has 0 aliphatic heterocycles. The molecule has 4 rings (SSSR count). The van der Waals surface area contributed by atoms with E-state index in [9.17, 15) is 0 Å². The van der Waals surface area contributed by atoms with Crippen LogP contribution in [0.3, 0.4) is 0 Å². The van der Waals surface area contributed by atoms with Gasteiger partial charge in [0.15, 0.2) is 0 Å². The first kappa shape index (κ1) is 10.4. The fourth-order valence-electron chi connectivity index (χ4n) is 1.58. The van der Waals surface area contributed by atoms with Gasteiger partial charge in [0, 0.05) is 11.6 Å². The van der Waals surface area contributed by atoms with E-state index in [1.165, 1.54) is 10.1 Å². The average molecular weight is 259 g/mol. The van der Waals surface area contributed by atoms with Crippen LogP contribution in [0.2, 0.25) is 0 Å². The summed E-state index contributed by atoms with van der Waals surface area (Å²) in [6, 6.07) is 10.0. The number of aromatic amines is 1. The van der Waals surface area contributed by atoms with Crippen LogP contribution in [-0.2, 0) is 0 Å². The van der Waals surface area contributed by atoms with Gasteiger partial charge in [0.05, 0.1) is 10.2 Å². The summed E-state index contributed by atoms with van der Waals surface area (Å²) >= 11 is 3.26. The molecule has 0 spiro atoms. The maximum absolute atomic E-state index is 4.21. The van der Waals surface area contributed by atoms with Crippen molar-refractivity contribution in [2.24, 2.45) is 0 Å². The van der Waals surface area contributed by atoms with E-state index in [1.54, 1.807) is 22.9 Å². The average Bonchev–Trinajstić information content (AvgIpc) is 3.12. The van der Waals surface area contributed by atoms with Gasteiger partial charge in [-0.15, -0.1) is 0 Å². The van der Waals surface area contributed by atoms with Crippen LogP contribution in [0, 0.1) is 0 Å². The molecule has 1 N–H and O–H groups in total. The second kappa shape index (κ2) is 4.65. The lowest BCUT2D eigenvalue weighted by Gasteiger charge is -1.87. The van der Waals surface area contributed by atoms with E-state index in [0.29, 0.717) is 0 Å². The SMILES string of the molecule is c1cc2c(ccc3n[nH]sc32)n1.c1ccsc1. The van der Waals surface area contributed by atoms with Crippen molar-refractivity contribution in [3.05, 3.63) is 47.3 Å². The summed E-state index contributed by atoms with van der Waals surface area (Å²) in [4.78, 5) is 4.21. The molecule has 84 valence electrons. The van der Waals surface area contributed by atoms with Crippen LogP contribution in [0.4, 0.5) is 0 Å². The van der Waals surface area contributed by atoms with E-state index < -0.39 is 0 Å². The van der Waals surface area contributed by atoms with Crippen LogP contribution < -0.4 is 0 Å². The first-order valence-corrected chi connectivity index (χ1v) is 6.85. The maximum atomic E-state index is 4.21. The molecule has 0 radical (unpaired) electrons. The number of nitrogens with zero attached hydrogens (tertiary/aromatic N) is 2. The predicted molar refractivity (Wildman–Crippen MR) is 73.6 cm³/mol. The van der Waals surface area contributed by atoms with E-state index in [4.69, 9.17) is 0 Å². The van der Waals surface area contributed by atoms with Crippen molar-refractivity contribution in [2.45, 2.75) is 0 Å². The Labute approximate surface area is 106 Å². The van der Waals surface area contributed by atoms with E-state index in [0.717, 1.165) is 11.0 Å². The van der Waals surface area contributed by atoms with Gasteiger partial charge >= 0.3 is 0 Å². The molecule has 3 heterocycles. The monoisotopic (exact) mass is 259 g/mol. The highest BCUT2D eigenvalue weighted by Gasteiger charge is 2.03. The van der Waals surface area contributed by atoms with Gasteiger partial charge in [0.2, 0.25) is 0 Å². The van der Waals surface area contributed by atoms with Gasteiger partial charge < -0.3 is 0 Å². The van der Waals surface area contributed by atoms with Gasteiger partial charge in [-0.05, 0) is 40.5 Å². The van der Waals surface area contributed by atoms with Crippen molar-refractivity contribution >= 4 is 44.0 Å². The second-order valence-corrected chi connectivity index (χ2v) is 5.00.